The number of sulfonamides is 1. The molecule has 0 heterocycles. The predicted molar refractivity (Wildman–Crippen MR) is 91.9 cm³/mol. The molecule has 0 fully saturated rings. The molecule has 124 valence electrons. The lowest BCUT2D eigenvalue weighted by Gasteiger charge is -2.20. The van der Waals surface area contributed by atoms with E-state index in [1.54, 1.807) is 44.5 Å². The van der Waals surface area contributed by atoms with Crippen LogP contribution < -0.4 is 13.8 Å². The fraction of sp³-hybridized carbons (Fsp3) is 0.294. The van der Waals surface area contributed by atoms with E-state index in [1.165, 1.54) is 4.31 Å². The van der Waals surface area contributed by atoms with Gasteiger partial charge in [0.05, 0.1) is 12.8 Å². The molecule has 2 aromatic rings. The van der Waals surface area contributed by atoms with Gasteiger partial charge in [0.25, 0.3) is 0 Å². The van der Waals surface area contributed by atoms with Gasteiger partial charge >= 0.3 is 0 Å². The predicted octanol–water partition coefficient (Wildman–Crippen LogP) is 2.85. The van der Waals surface area contributed by atoms with Crippen molar-refractivity contribution in [2.45, 2.75) is 6.92 Å². The SMILES string of the molecule is COc1ccc(OCCS(=O)(=O)N(C)c2cccc(C)c2)cc1. The maximum absolute atomic E-state index is 12.4. The Hall–Kier alpha value is -2.21. The van der Waals surface area contributed by atoms with Gasteiger partial charge in [-0.15, -0.1) is 0 Å². The number of nitrogens with zero attached hydrogens (tertiary/aromatic N) is 1. The summed E-state index contributed by atoms with van der Waals surface area (Å²) in [6.45, 7) is 2.02. The van der Waals surface area contributed by atoms with Crippen molar-refractivity contribution >= 4 is 15.7 Å². The van der Waals surface area contributed by atoms with Crippen LogP contribution in [0.25, 0.3) is 0 Å². The summed E-state index contributed by atoms with van der Waals surface area (Å²) in [7, 11) is -0.289. The molecule has 0 spiro atoms. The maximum atomic E-state index is 12.4. The Balaban J connectivity index is 1.95. The molecule has 0 aliphatic rings. The molecular weight excluding hydrogens is 314 g/mol. The second-order valence-electron chi connectivity index (χ2n) is 5.15. The molecule has 0 saturated heterocycles. The first-order chi connectivity index (χ1) is 10.9. The van der Waals surface area contributed by atoms with E-state index in [2.05, 4.69) is 0 Å². The number of aryl methyl sites for hydroxylation is 1. The number of ether oxygens (including phenoxy) is 2. The quantitative estimate of drug-likeness (QED) is 0.781. The van der Waals surface area contributed by atoms with Crippen LogP contribution >= 0.6 is 0 Å². The van der Waals surface area contributed by atoms with Crippen LogP contribution in [0.5, 0.6) is 11.5 Å². The number of hydrogen-bond donors (Lipinski definition) is 0. The minimum Gasteiger partial charge on any atom is -0.497 e. The largest absolute Gasteiger partial charge is 0.497 e. The van der Waals surface area contributed by atoms with Crippen molar-refractivity contribution in [3.8, 4) is 11.5 Å². The van der Waals surface area contributed by atoms with Crippen LogP contribution in [0.2, 0.25) is 0 Å². The molecule has 5 nitrogen and oxygen atoms in total. The molecule has 0 aliphatic heterocycles. The summed E-state index contributed by atoms with van der Waals surface area (Å²) >= 11 is 0. The highest BCUT2D eigenvalue weighted by Crippen LogP contribution is 2.19. The van der Waals surface area contributed by atoms with E-state index in [0.29, 0.717) is 11.4 Å². The molecule has 0 radical (unpaired) electrons. The molecule has 0 aliphatic carbocycles. The average molecular weight is 335 g/mol. The van der Waals surface area contributed by atoms with E-state index in [9.17, 15) is 8.42 Å². The average Bonchev–Trinajstić information content (AvgIpc) is 2.54. The van der Waals surface area contributed by atoms with Gasteiger partial charge in [-0.1, -0.05) is 12.1 Å². The lowest BCUT2D eigenvalue weighted by Crippen LogP contribution is -2.31. The van der Waals surface area contributed by atoms with E-state index < -0.39 is 10.0 Å². The molecular formula is C17H21NO4S. The van der Waals surface area contributed by atoms with Gasteiger partial charge in [0.1, 0.15) is 23.9 Å². The van der Waals surface area contributed by atoms with Crippen LogP contribution in [-0.4, -0.2) is 34.9 Å². The van der Waals surface area contributed by atoms with Crippen molar-refractivity contribution in [1.82, 2.24) is 0 Å². The van der Waals surface area contributed by atoms with Gasteiger partial charge in [0.15, 0.2) is 0 Å². The minimum atomic E-state index is -3.43. The first-order valence-electron chi connectivity index (χ1n) is 7.22. The van der Waals surface area contributed by atoms with Crippen LogP contribution in [0, 0.1) is 6.92 Å². The molecule has 0 N–H and O–H groups in total. The maximum Gasteiger partial charge on any atom is 0.238 e. The Morgan fingerprint density at radius 2 is 1.70 bits per heavy atom. The van der Waals surface area contributed by atoms with Gasteiger partial charge < -0.3 is 9.47 Å². The Kier molecular flexibility index (Phi) is 5.50. The Morgan fingerprint density at radius 3 is 2.30 bits per heavy atom. The normalized spacial score (nSPS) is 11.1. The smallest absolute Gasteiger partial charge is 0.238 e. The Labute approximate surface area is 137 Å². The van der Waals surface area contributed by atoms with E-state index in [1.807, 2.05) is 25.1 Å². The molecule has 0 unspecified atom stereocenters. The van der Waals surface area contributed by atoms with Crippen molar-refractivity contribution in [1.29, 1.82) is 0 Å². The first kappa shape index (κ1) is 17.1. The standard InChI is InChI=1S/C17H21NO4S/c1-14-5-4-6-15(13-14)18(2)23(19,20)12-11-22-17-9-7-16(21-3)8-10-17/h4-10,13H,11-12H2,1-3H3. The summed E-state index contributed by atoms with van der Waals surface area (Å²) in [5, 5.41) is 0. The van der Waals surface area contributed by atoms with Crippen molar-refractivity contribution in [2.24, 2.45) is 0 Å². The van der Waals surface area contributed by atoms with Crippen LogP contribution in [0.1, 0.15) is 5.56 Å². The summed E-state index contributed by atoms with van der Waals surface area (Å²) in [5.74, 6) is 1.24. The second-order valence-corrected chi connectivity index (χ2v) is 7.27. The van der Waals surface area contributed by atoms with Crippen molar-refractivity contribution < 1.29 is 17.9 Å². The molecule has 2 rings (SSSR count). The highest BCUT2D eigenvalue weighted by molar-refractivity contribution is 7.92. The van der Waals surface area contributed by atoms with Gasteiger partial charge in [-0.25, -0.2) is 8.42 Å². The number of hydrogen-bond acceptors (Lipinski definition) is 4. The summed E-state index contributed by atoms with van der Waals surface area (Å²) in [5.41, 5.74) is 1.66. The third kappa shape index (κ3) is 4.63. The molecule has 0 amide bonds. The number of methoxy groups -OCH3 is 1. The van der Waals surface area contributed by atoms with Gasteiger partial charge in [-0.05, 0) is 48.9 Å². The number of rotatable bonds is 7. The summed E-state index contributed by atoms with van der Waals surface area (Å²) in [6, 6.07) is 14.4. The molecule has 23 heavy (non-hydrogen) atoms. The van der Waals surface area contributed by atoms with Crippen molar-refractivity contribution in [3.63, 3.8) is 0 Å². The summed E-state index contributed by atoms with van der Waals surface area (Å²) < 4.78 is 36.6. The molecule has 0 aromatic heterocycles. The van der Waals surface area contributed by atoms with E-state index in [0.717, 1.165) is 11.3 Å². The number of benzene rings is 2. The van der Waals surface area contributed by atoms with Gasteiger partial charge in [0.2, 0.25) is 10.0 Å². The van der Waals surface area contributed by atoms with Crippen molar-refractivity contribution in [2.75, 3.05) is 30.8 Å². The highest BCUT2D eigenvalue weighted by Gasteiger charge is 2.18. The van der Waals surface area contributed by atoms with Crippen molar-refractivity contribution in [3.05, 3.63) is 54.1 Å². The van der Waals surface area contributed by atoms with Gasteiger partial charge in [0, 0.05) is 7.05 Å². The first-order valence-corrected chi connectivity index (χ1v) is 8.83. The third-order valence-corrected chi connectivity index (χ3v) is 5.18. The zero-order valence-electron chi connectivity index (χ0n) is 13.5. The van der Waals surface area contributed by atoms with Gasteiger partial charge in [-0.3, -0.25) is 4.31 Å². The topological polar surface area (TPSA) is 55.8 Å². The molecule has 0 saturated carbocycles. The zero-order chi connectivity index (χ0) is 16.9. The van der Waals surface area contributed by atoms with E-state index in [-0.39, 0.29) is 12.4 Å². The zero-order valence-corrected chi connectivity index (χ0v) is 14.3. The Bertz CT molecular complexity index is 741. The monoisotopic (exact) mass is 335 g/mol. The number of anilines is 1. The van der Waals surface area contributed by atoms with Crippen LogP contribution in [0.15, 0.2) is 48.5 Å². The molecule has 0 atom stereocenters. The lowest BCUT2D eigenvalue weighted by atomic mass is 10.2. The van der Waals surface area contributed by atoms with Crippen LogP contribution in [0.4, 0.5) is 5.69 Å². The fourth-order valence-electron chi connectivity index (χ4n) is 2.06. The molecule has 0 bridgehead atoms. The third-order valence-electron chi connectivity index (χ3n) is 3.45. The van der Waals surface area contributed by atoms with E-state index in [4.69, 9.17) is 9.47 Å². The van der Waals surface area contributed by atoms with Gasteiger partial charge in [-0.2, -0.15) is 0 Å². The lowest BCUT2D eigenvalue weighted by molar-refractivity contribution is 0.339. The Morgan fingerprint density at radius 1 is 1.04 bits per heavy atom. The summed E-state index contributed by atoms with van der Waals surface area (Å²) in [4.78, 5) is 0. The fourth-order valence-corrected chi connectivity index (χ4v) is 3.06. The van der Waals surface area contributed by atoms with Crippen LogP contribution in [-0.2, 0) is 10.0 Å². The van der Waals surface area contributed by atoms with Crippen LogP contribution in [0.3, 0.4) is 0 Å². The minimum absolute atomic E-state index is 0.0881. The summed E-state index contributed by atoms with van der Waals surface area (Å²) in [6.07, 6.45) is 0. The molecule has 2 aromatic carbocycles. The second kappa shape index (κ2) is 7.37. The van der Waals surface area contributed by atoms with E-state index >= 15 is 0 Å². The highest BCUT2D eigenvalue weighted by atomic mass is 32.2. The molecule has 6 heteroatoms.